The quantitative estimate of drug-likeness (QED) is 0.919. The van der Waals surface area contributed by atoms with Crippen molar-refractivity contribution in [2.75, 3.05) is 5.32 Å². The fourth-order valence-electron chi connectivity index (χ4n) is 1.25. The second-order valence-corrected chi connectivity index (χ2v) is 4.15. The second-order valence-electron chi connectivity index (χ2n) is 3.34. The van der Waals surface area contributed by atoms with Crippen molar-refractivity contribution in [2.24, 2.45) is 7.05 Å². The molecule has 0 bridgehead atoms. The van der Waals surface area contributed by atoms with Gasteiger partial charge in [-0.2, -0.15) is 0 Å². The average Bonchev–Trinajstić information content (AvgIpc) is 2.66. The van der Waals surface area contributed by atoms with E-state index >= 15 is 0 Å². The lowest BCUT2D eigenvalue weighted by molar-refractivity contribution is 0.812. The van der Waals surface area contributed by atoms with Gasteiger partial charge in [0.15, 0.2) is 5.82 Å². The van der Waals surface area contributed by atoms with Crippen LogP contribution < -0.4 is 5.32 Å². The van der Waals surface area contributed by atoms with Crippen LogP contribution in [0.25, 0.3) is 0 Å². The normalized spacial score (nSPS) is 10.4. The summed E-state index contributed by atoms with van der Waals surface area (Å²) in [6, 6.07) is 5.40. The lowest BCUT2D eigenvalue weighted by Crippen LogP contribution is -2.05. The molecule has 0 amide bonds. The zero-order valence-electron chi connectivity index (χ0n) is 8.61. The van der Waals surface area contributed by atoms with Gasteiger partial charge in [-0.1, -0.05) is 23.2 Å². The van der Waals surface area contributed by atoms with Crippen LogP contribution in [0, 0.1) is 0 Å². The molecule has 0 aliphatic rings. The van der Waals surface area contributed by atoms with E-state index in [-0.39, 0.29) is 0 Å². The Bertz CT molecular complexity index is 495. The number of nitrogens with one attached hydrogen (secondary N) is 1. The Hall–Kier alpha value is -1.26. The summed E-state index contributed by atoms with van der Waals surface area (Å²) in [5.74, 6) is 0.853. The third kappa shape index (κ3) is 2.46. The zero-order valence-corrected chi connectivity index (χ0v) is 10.1. The van der Waals surface area contributed by atoms with Gasteiger partial charge in [-0.3, -0.25) is 0 Å². The Morgan fingerprint density at radius 3 is 2.75 bits per heavy atom. The maximum atomic E-state index is 5.90. The monoisotopic (exact) mass is 256 g/mol. The van der Waals surface area contributed by atoms with E-state index in [9.17, 15) is 0 Å². The number of nitrogens with zero attached hydrogens (tertiary/aromatic N) is 3. The Balaban J connectivity index is 2.05. The minimum atomic E-state index is 0.532. The summed E-state index contributed by atoms with van der Waals surface area (Å²) >= 11 is 11.7. The molecule has 16 heavy (non-hydrogen) atoms. The van der Waals surface area contributed by atoms with Crippen LogP contribution in [0.5, 0.6) is 0 Å². The minimum absolute atomic E-state index is 0.532. The van der Waals surface area contributed by atoms with Crippen LogP contribution in [0.1, 0.15) is 5.82 Å². The first-order chi connectivity index (χ1) is 7.66. The van der Waals surface area contributed by atoms with Crippen LogP contribution in [-0.2, 0) is 13.6 Å². The Morgan fingerprint density at radius 2 is 2.12 bits per heavy atom. The Kier molecular flexibility index (Phi) is 3.31. The van der Waals surface area contributed by atoms with Gasteiger partial charge < -0.3 is 9.88 Å². The molecule has 0 saturated heterocycles. The fourth-order valence-corrected chi connectivity index (χ4v) is 1.55. The fraction of sp³-hybridized carbons (Fsp3) is 0.200. The third-order valence-electron chi connectivity index (χ3n) is 2.18. The van der Waals surface area contributed by atoms with Crippen molar-refractivity contribution in [2.45, 2.75) is 6.54 Å². The van der Waals surface area contributed by atoms with Crippen LogP contribution in [-0.4, -0.2) is 14.8 Å². The summed E-state index contributed by atoms with van der Waals surface area (Å²) in [4.78, 5) is 0. The molecule has 0 radical (unpaired) electrons. The Morgan fingerprint density at radius 1 is 1.31 bits per heavy atom. The first kappa shape index (κ1) is 11.2. The van der Waals surface area contributed by atoms with E-state index in [0.717, 1.165) is 11.5 Å². The van der Waals surface area contributed by atoms with E-state index in [0.29, 0.717) is 16.6 Å². The largest absolute Gasteiger partial charge is 0.378 e. The Labute approximate surface area is 103 Å². The molecule has 1 N–H and O–H groups in total. The van der Waals surface area contributed by atoms with E-state index < -0.39 is 0 Å². The number of hydrogen-bond acceptors (Lipinski definition) is 3. The predicted octanol–water partition coefficient (Wildman–Crippen LogP) is 2.73. The van der Waals surface area contributed by atoms with Crippen LogP contribution in [0.15, 0.2) is 24.5 Å². The molecule has 4 nitrogen and oxygen atoms in total. The van der Waals surface area contributed by atoms with Gasteiger partial charge >= 0.3 is 0 Å². The topological polar surface area (TPSA) is 42.7 Å². The summed E-state index contributed by atoms with van der Waals surface area (Å²) in [6.07, 6.45) is 1.66. The van der Waals surface area contributed by atoms with E-state index in [4.69, 9.17) is 23.2 Å². The first-order valence-electron chi connectivity index (χ1n) is 4.68. The van der Waals surface area contributed by atoms with Gasteiger partial charge in [0, 0.05) is 12.7 Å². The van der Waals surface area contributed by atoms with Gasteiger partial charge in [0.25, 0.3) is 0 Å². The van der Waals surface area contributed by atoms with Gasteiger partial charge in [-0.25, -0.2) is 0 Å². The molecule has 0 saturated carbocycles. The highest BCUT2D eigenvalue weighted by molar-refractivity contribution is 6.42. The molecule has 0 spiro atoms. The SMILES string of the molecule is Cn1cnnc1CNc1ccc(Cl)c(Cl)c1. The summed E-state index contributed by atoms with van der Waals surface area (Å²) in [5.41, 5.74) is 0.900. The summed E-state index contributed by atoms with van der Waals surface area (Å²) in [7, 11) is 1.89. The number of halogens is 2. The molecular formula is C10H10Cl2N4. The molecule has 2 aromatic rings. The smallest absolute Gasteiger partial charge is 0.151 e. The third-order valence-corrected chi connectivity index (χ3v) is 2.91. The molecule has 0 aliphatic heterocycles. The number of aromatic nitrogens is 3. The molecule has 84 valence electrons. The molecular weight excluding hydrogens is 247 g/mol. The van der Waals surface area contributed by atoms with Crippen molar-refractivity contribution in [1.29, 1.82) is 0 Å². The van der Waals surface area contributed by atoms with Crippen LogP contribution in [0.4, 0.5) is 5.69 Å². The maximum Gasteiger partial charge on any atom is 0.151 e. The van der Waals surface area contributed by atoms with Crippen molar-refractivity contribution in [1.82, 2.24) is 14.8 Å². The number of hydrogen-bond donors (Lipinski definition) is 1. The highest BCUT2D eigenvalue weighted by Crippen LogP contribution is 2.25. The molecule has 1 aromatic heterocycles. The van der Waals surface area contributed by atoms with Crippen molar-refractivity contribution >= 4 is 28.9 Å². The van der Waals surface area contributed by atoms with Gasteiger partial charge in [-0.15, -0.1) is 10.2 Å². The number of aryl methyl sites for hydroxylation is 1. The molecule has 0 unspecified atom stereocenters. The van der Waals surface area contributed by atoms with Gasteiger partial charge in [0.05, 0.1) is 16.6 Å². The number of rotatable bonds is 3. The van der Waals surface area contributed by atoms with E-state index in [1.807, 2.05) is 17.7 Å². The number of benzene rings is 1. The van der Waals surface area contributed by atoms with Crippen molar-refractivity contribution in [3.63, 3.8) is 0 Å². The van der Waals surface area contributed by atoms with E-state index in [1.54, 1.807) is 18.5 Å². The number of anilines is 1. The van der Waals surface area contributed by atoms with Crippen molar-refractivity contribution < 1.29 is 0 Å². The molecule has 6 heteroatoms. The van der Waals surface area contributed by atoms with Crippen LogP contribution >= 0.6 is 23.2 Å². The highest BCUT2D eigenvalue weighted by Gasteiger charge is 2.02. The summed E-state index contributed by atoms with van der Waals surface area (Å²) < 4.78 is 1.85. The van der Waals surface area contributed by atoms with Gasteiger partial charge in [-0.05, 0) is 18.2 Å². The summed E-state index contributed by atoms with van der Waals surface area (Å²) in [5, 5.41) is 12.0. The maximum absolute atomic E-state index is 5.90. The van der Waals surface area contributed by atoms with Crippen LogP contribution in [0.2, 0.25) is 10.0 Å². The van der Waals surface area contributed by atoms with Gasteiger partial charge in [0.1, 0.15) is 6.33 Å². The average molecular weight is 257 g/mol. The first-order valence-corrected chi connectivity index (χ1v) is 5.44. The predicted molar refractivity (Wildman–Crippen MR) is 64.8 cm³/mol. The summed E-state index contributed by atoms with van der Waals surface area (Å²) in [6.45, 7) is 0.592. The molecule has 0 atom stereocenters. The van der Waals surface area contributed by atoms with Crippen LogP contribution in [0.3, 0.4) is 0 Å². The van der Waals surface area contributed by atoms with Gasteiger partial charge in [0.2, 0.25) is 0 Å². The molecule has 2 rings (SSSR count). The van der Waals surface area contributed by atoms with Crippen molar-refractivity contribution in [3.05, 3.63) is 40.4 Å². The minimum Gasteiger partial charge on any atom is -0.378 e. The lowest BCUT2D eigenvalue weighted by atomic mass is 10.3. The van der Waals surface area contributed by atoms with E-state index in [1.165, 1.54) is 0 Å². The molecule has 1 aromatic carbocycles. The van der Waals surface area contributed by atoms with E-state index in [2.05, 4.69) is 15.5 Å². The lowest BCUT2D eigenvalue weighted by Gasteiger charge is -2.06. The van der Waals surface area contributed by atoms with Crippen molar-refractivity contribution in [3.8, 4) is 0 Å². The second kappa shape index (κ2) is 4.72. The molecule has 0 fully saturated rings. The highest BCUT2D eigenvalue weighted by atomic mass is 35.5. The zero-order chi connectivity index (χ0) is 11.5. The molecule has 1 heterocycles. The molecule has 0 aliphatic carbocycles. The standard InChI is InChI=1S/C10H10Cl2N4/c1-16-6-14-15-10(16)5-13-7-2-3-8(11)9(12)4-7/h2-4,6,13H,5H2,1H3.